The summed E-state index contributed by atoms with van der Waals surface area (Å²) in [7, 11) is 0. The Bertz CT molecular complexity index is 1070. The largest absolute Gasteiger partial charge is 0.489 e. The first-order valence-corrected chi connectivity index (χ1v) is 8.98. The monoisotopic (exact) mass is 387 g/mol. The number of aromatic nitrogens is 1. The van der Waals surface area contributed by atoms with Gasteiger partial charge in [0, 0.05) is 23.0 Å². The third-order valence-electron chi connectivity index (χ3n) is 4.52. The van der Waals surface area contributed by atoms with Crippen LogP contribution in [0.15, 0.2) is 54.7 Å². The Hall–Kier alpha value is -3.89. The van der Waals surface area contributed by atoms with E-state index in [0.29, 0.717) is 17.9 Å². The molecule has 0 aliphatic rings. The predicted octanol–water partition coefficient (Wildman–Crippen LogP) is 3.81. The Balaban J connectivity index is 1.78. The van der Waals surface area contributed by atoms with E-state index in [-0.39, 0.29) is 0 Å². The molecule has 4 N–H and O–H groups in total. The van der Waals surface area contributed by atoms with Gasteiger partial charge in [0.25, 0.3) is 0 Å². The van der Waals surface area contributed by atoms with Crippen molar-refractivity contribution in [2.24, 2.45) is 5.84 Å². The Kier molecular flexibility index (Phi) is 6.07. The molecule has 0 spiro atoms. The molecule has 3 aromatic rings. The van der Waals surface area contributed by atoms with Crippen LogP contribution in [0.3, 0.4) is 0 Å². The molecule has 0 atom stereocenters. The average molecular weight is 387 g/mol. The normalized spacial score (nSPS) is 10.1. The molecule has 146 valence electrons. The van der Waals surface area contributed by atoms with E-state index in [2.05, 4.69) is 21.8 Å². The van der Waals surface area contributed by atoms with Gasteiger partial charge in [0.1, 0.15) is 18.4 Å². The number of nitriles is 1. The fourth-order valence-corrected chi connectivity index (χ4v) is 2.92. The van der Waals surface area contributed by atoms with Crippen LogP contribution in [0.2, 0.25) is 0 Å². The lowest BCUT2D eigenvalue weighted by atomic mass is 10.1. The van der Waals surface area contributed by atoms with E-state index in [9.17, 15) is 4.79 Å². The lowest BCUT2D eigenvalue weighted by Gasteiger charge is -2.16. The van der Waals surface area contributed by atoms with Gasteiger partial charge in [0.05, 0.1) is 11.3 Å². The van der Waals surface area contributed by atoms with Crippen LogP contribution in [0.25, 0.3) is 11.3 Å². The molecule has 2 aromatic carbocycles. The van der Waals surface area contributed by atoms with Crippen LogP contribution >= 0.6 is 0 Å². The molecular formula is C22H21N5O2. The fourth-order valence-electron chi connectivity index (χ4n) is 2.92. The number of benzene rings is 2. The molecule has 0 fully saturated rings. The molecule has 0 unspecified atom stereocenters. The molecule has 29 heavy (non-hydrogen) atoms. The van der Waals surface area contributed by atoms with Crippen molar-refractivity contribution in [1.29, 1.82) is 5.26 Å². The third kappa shape index (κ3) is 4.69. The number of amides is 2. The first-order valence-electron chi connectivity index (χ1n) is 8.98. The smallest absolute Gasteiger partial charge is 0.333 e. The molecule has 7 heteroatoms. The van der Waals surface area contributed by atoms with Crippen LogP contribution in [0, 0.1) is 25.2 Å². The van der Waals surface area contributed by atoms with Crippen LogP contribution in [0.4, 0.5) is 10.5 Å². The summed E-state index contributed by atoms with van der Waals surface area (Å²) in [5.41, 5.74) is 7.78. The minimum atomic E-state index is -0.493. The van der Waals surface area contributed by atoms with Gasteiger partial charge in [-0.2, -0.15) is 5.26 Å². The molecule has 3 rings (SSSR count). The topological polar surface area (TPSA) is 113 Å². The summed E-state index contributed by atoms with van der Waals surface area (Å²) in [5, 5.41) is 11.6. The summed E-state index contributed by atoms with van der Waals surface area (Å²) >= 11 is 0. The first kappa shape index (κ1) is 19.9. The zero-order chi connectivity index (χ0) is 20.8. The van der Waals surface area contributed by atoms with Crippen LogP contribution < -0.4 is 21.3 Å². The highest BCUT2D eigenvalue weighted by Gasteiger charge is 2.11. The second-order valence-electron chi connectivity index (χ2n) is 6.51. The van der Waals surface area contributed by atoms with Crippen molar-refractivity contribution in [3.63, 3.8) is 0 Å². The highest BCUT2D eigenvalue weighted by Crippen LogP contribution is 2.27. The number of anilines is 1. The van der Waals surface area contributed by atoms with Gasteiger partial charge in [-0.15, -0.1) is 0 Å². The number of nitrogens with one attached hydrogen (secondary N) is 2. The molecule has 0 bridgehead atoms. The summed E-state index contributed by atoms with van der Waals surface area (Å²) in [6, 6.07) is 16.6. The zero-order valence-corrected chi connectivity index (χ0v) is 16.2. The molecule has 2 amide bonds. The minimum Gasteiger partial charge on any atom is -0.489 e. The summed E-state index contributed by atoms with van der Waals surface area (Å²) in [6.07, 6.45) is 1.55. The maximum atomic E-state index is 11.6. The van der Waals surface area contributed by atoms with Gasteiger partial charge in [0.15, 0.2) is 0 Å². The highest BCUT2D eigenvalue weighted by atomic mass is 16.5. The third-order valence-corrected chi connectivity index (χ3v) is 4.52. The lowest BCUT2D eigenvalue weighted by molar-refractivity contribution is 0.252. The number of carbonyl (C=O) groups is 1. The molecule has 0 aliphatic heterocycles. The Morgan fingerprint density at radius 2 is 2.00 bits per heavy atom. The van der Waals surface area contributed by atoms with E-state index in [0.717, 1.165) is 33.7 Å². The lowest BCUT2D eigenvalue weighted by Crippen LogP contribution is -2.34. The number of hydrogen-bond donors (Lipinski definition) is 3. The van der Waals surface area contributed by atoms with Crippen molar-refractivity contribution in [1.82, 2.24) is 10.4 Å². The van der Waals surface area contributed by atoms with Gasteiger partial charge in [-0.3, -0.25) is 10.4 Å². The van der Waals surface area contributed by atoms with Crippen molar-refractivity contribution in [2.75, 3.05) is 5.32 Å². The molecule has 7 nitrogen and oxygen atoms in total. The minimum absolute atomic E-state index is 0.294. The van der Waals surface area contributed by atoms with Gasteiger partial charge >= 0.3 is 6.03 Å². The van der Waals surface area contributed by atoms with Crippen LogP contribution in [-0.2, 0) is 6.61 Å². The fraction of sp³-hybridized carbons (Fsp3) is 0.136. The standard InChI is InChI=1S/C22H21N5O2/c1-14-4-3-5-20(26-22(28)27-24)18(14)13-29-21-9-7-17(10-15(21)2)19-8-6-16(11-23)12-25-19/h3-10,12H,13,24H2,1-2H3,(H2,26,27,28). The van der Waals surface area contributed by atoms with E-state index in [1.54, 1.807) is 18.3 Å². The summed E-state index contributed by atoms with van der Waals surface area (Å²) in [5.74, 6) is 5.89. The van der Waals surface area contributed by atoms with Gasteiger partial charge in [-0.1, -0.05) is 12.1 Å². The van der Waals surface area contributed by atoms with Gasteiger partial charge in [-0.05, 0) is 61.4 Å². The van der Waals surface area contributed by atoms with E-state index in [4.69, 9.17) is 15.8 Å². The second-order valence-corrected chi connectivity index (χ2v) is 6.51. The number of hydrazine groups is 1. The van der Waals surface area contributed by atoms with E-state index in [1.807, 2.05) is 50.2 Å². The number of rotatable bonds is 5. The number of nitrogens with two attached hydrogens (primary N) is 1. The van der Waals surface area contributed by atoms with Gasteiger partial charge < -0.3 is 10.1 Å². The van der Waals surface area contributed by atoms with Crippen LogP contribution in [-0.4, -0.2) is 11.0 Å². The molecule has 0 radical (unpaired) electrons. The van der Waals surface area contributed by atoms with Crippen molar-refractivity contribution in [3.8, 4) is 23.1 Å². The molecule has 0 saturated heterocycles. The maximum absolute atomic E-state index is 11.6. The number of carbonyl (C=O) groups excluding carboxylic acids is 1. The van der Waals surface area contributed by atoms with E-state index >= 15 is 0 Å². The highest BCUT2D eigenvalue weighted by molar-refractivity contribution is 5.89. The number of hydrogen-bond acceptors (Lipinski definition) is 5. The number of aryl methyl sites for hydroxylation is 2. The summed E-state index contributed by atoms with van der Waals surface area (Å²) in [4.78, 5) is 15.9. The zero-order valence-electron chi connectivity index (χ0n) is 16.2. The van der Waals surface area contributed by atoms with E-state index in [1.165, 1.54) is 0 Å². The van der Waals surface area contributed by atoms with Crippen molar-refractivity contribution in [2.45, 2.75) is 20.5 Å². The molecule has 1 heterocycles. The van der Waals surface area contributed by atoms with Crippen LogP contribution in [0.1, 0.15) is 22.3 Å². The Labute approximate surface area is 169 Å². The molecular weight excluding hydrogens is 366 g/mol. The number of pyridine rings is 1. The van der Waals surface area contributed by atoms with Crippen molar-refractivity contribution < 1.29 is 9.53 Å². The molecule has 0 saturated carbocycles. The average Bonchev–Trinajstić information content (AvgIpc) is 2.74. The first-order chi connectivity index (χ1) is 14.0. The van der Waals surface area contributed by atoms with Crippen molar-refractivity contribution in [3.05, 3.63) is 77.0 Å². The molecule has 0 aliphatic carbocycles. The molecule has 1 aromatic heterocycles. The number of urea groups is 1. The number of nitrogens with zero attached hydrogens (tertiary/aromatic N) is 2. The second kappa shape index (κ2) is 8.87. The number of ether oxygens (including phenoxy) is 1. The summed E-state index contributed by atoms with van der Waals surface area (Å²) in [6.45, 7) is 4.21. The van der Waals surface area contributed by atoms with Crippen molar-refractivity contribution >= 4 is 11.7 Å². The van der Waals surface area contributed by atoms with Crippen LogP contribution in [0.5, 0.6) is 5.75 Å². The van der Waals surface area contributed by atoms with Gasteiger partial charge in [-0.25, -0.2) is 10.6 Å². The van der Waals surface area contributed by atoms with E-state index < -0.39 is 6.03 Å². The van der Waals surface area contributed by atoms with Gasteiger partial charge in [0.2, 0.25) is 0 Å². The quantitative estimate of drug-likeness (QED) is 0.350. The SMILES string of the molecule is Cc1cc(-c2ccc(C#N)cn2)ccc1OCc1c(C)cccc1NC(=O)NN. The Morgan fingerprint density at radius 3 is 2.66 bits per heavy atom. The Morgan fingerprint density at radius 1 is 1.17 bits per heavy atom. The maximum Gasteiger partial charge on any atom is 0.333 e. The predicted molar refractivity (Wildman–Crippen MR) is 111 cm³/mol. The summed E-state index contributed by atoms with van der Waals surface area (Å²) < 4.78 is 6.02.